The van der Waals surface area contributed by atoms with E-state index in [2.05, 4.69) is 15.4 Å². The number of benzene rings is 1. The Morgan fingerprint density at radius 2 is 1.74 bits per heavy atom. The highest BCUT2D eigenvalue weighted by molar-refractivity contribution is 7.16. The van der Waals surface area contributed by atoms with Crippen LogP contribution < -0.4 is 15.4 Å². The lowest BCUT2D eigenvalue weighted by Gasteiger charge is -2.17. The van der Waals surface area contributed by atoms with Crippen LogP contribution in [0.1, 0.15) is 41.6 Å². The maximum Gasteiger partial charge on any atom is 0.387 e. The van der Waals surface area contributed by atoms with Crippen LogP contribution in [-0.2, 0) is 14.3 Å². The van der Waals surface area contributed by atoms with Gasteiger partial charge in [0.15, 0.2) is 6.61 Å². The molecule has 0 aliphatic rings. The number of alkyl halides is 2. The lowest BCUT2D eigenvalue weighted by atomic mass is 9.96. The second-order valence-electron chi connectivity index (χ2n) is 7.69. The molecule has 1 heterocycles. The molecule has 2 aromatic rings. The lowest BCUT2D eigenvalue weighted by Crippen LogP contribution is -2.28. The number of thiophene rings is 1. The Kier molecular flexibility index (Phi) is 7.72. The summed E-state index contributed by atoms with van der Waals surface area (Å²) in [6, 6.07) is 5.66. The molecular formula is C21H24F2N2O5S. The Hall–Kier alpha value is -3.01. The second kappa shape index (κ2) is 9.86. The maximum atomic E-state index is 12.6. The summed E-state index contributed by atoms with van der Waals surface area (Å²) in [5.74, 6) is -1.99. The first kappa shape index (κ1) is 24.3. The summed E-state index contributed by atoms with van der Waals surface area (Å²) in [5.41, 5.74) is 0.162. The molecule has 1 aromatic carbocycles. The number of nitrogens with one attached hydrogen (secondary N) is 2. The van der Waals surface area contributed by atoms with E-state index in [4.69, 9.17) is 4.74 Å². The van der Waals surface area contributed by atoms with Gasteiger partial charge in [-0.1, -0.05) is 32.9 Å². The predicted octanol–water partition coefficient (Wildman–Crippen LogP) is 4.75. The van der Waals surface area contributed by atoms with E-state index in [1.54, 1.807) is 34.6 Å². The molecule has 7 nitrogen and oxygen atoms in total. The van der Waals surface area contributed by atoms with Crippen LogP contribution in [0.5, 0.6) is 5.75 Å². The van der Waals surface area contributed by atoms with E-state index in [-0.39, 0.29) is 22.9 Å². The van der Waals surface area contributed by atoms with E-state index in [0.29, 0.717) is 10.6 Å². The van der Waals surface area contributed by atoms with Gasteiger partial charge in [-0.2, -0.15) is 8.78 Å². The Bertz CT molecular complexity index is 983. The van der Waals surface area contributed by atoms with Crippen LogP contribution >= 0.6 is 11.3 Å². The molecule has 0 bridgehead atoms. The molecule has 1 aromatic heterocycles. The fraction of sp³-hybridized carbons (Fsp3) is 0.381. The van der Waals surface area contributed by atoms with Crippen LogP contribution in [0.25, 0.3) is 0 Å². The average Bonchev–Trinajstić information content (AvgIpc) is 2.94. The molecule has 10 heteroatoms. The number of carbonyl (C=O) groups is 3. The molecule has 0 radical (unpaired) electrons. The first-order valence-corrected chi connectivity index (χ1v) is 10.1. The van der Waals surface area contributed by atoms with Crippen molar-refractivity contribution in [1.82, 2.24) is 0 Å². The summed E-state index contributed by atoms with van der Waals surface area (Å²) in [6.45, 7) is 5.04. The van der Waals surface area contributed by atoms with Gasteiger partial charge in [-0.15, -0.1) is 11.3 Å². The fourth-order valence-electron chi connectivity index (χ4n) is 2.41. The van der Waals surface area contributed by atoms with Gasteiger partial charge in [0.1, 0.15) is 10.8 Å². The van der Waals surface area contributed by atoms with Crippen LogP contribution in [0.2, 0.25) is 0 Å². The predicted molar refractivity (Wildman–Crippen MR) is 114 cm³/mol. The van der Waals surface area contributed by atoms with Crippen molar-refractivity contribution in [3.05, 3.63) is 40.3 Å². The Balaban J connectivity index is 2.08. The van der Waals surface area contributed by atoms with Crippen LogP contribution in [-0.4, -0.2) is 31.0 Å². The molecule has 0 saturated heterocycles. The fourth-order valence-corrected chi connectivity index (χ4v) is 3.45. The summed E-state index contributed by atoms with van der Waals surface area (Å²) in [7, 11) is 0. The Morgan fingerprint density at radius 1 is 1.10 bits per heavy atom. The standard InChI is InChI=1S/C21H24F2N2O5S/c1-11-12(2)31-17(25-19(28)21(3,4)5)16(11)18(27)29-10-15(26)24-13-8-6-7-9-14(13)30-20(22)23/h6-9,20H,10H2,1-5H3,(H,24,26)(H,25,28). The number of esters is 1. The topological polar surface area (TPSA) is 93.7 Å². The van der Waals surface area contributed by atoms with Crippen molar-refractivity contribution in [3.8, 4) is 5.75 Å². The van der Waals surface area contributed by atoms with Gasteiger partial charge in [-0.05, 0) is 31.5 Å². The van der Waals surface area contributed by atoms with Crippen molar-refractivity contribution in [3.63, 3.8) is 0 Å². The number of hydrogen-bond donors (Lipinski definition) is 2. The monoisotopic (exact) mass is 454 g/mol. The molecule has 31 heavy (non-hydrogen) atoms. The van der Waals surface area contributed by atoms with Crippen molar-refractivity contribution in [2.45, 2.75) is 41.2 Å². The van der Waals surface area contributed by atoms with Gasteiger partial charge in [0, 0.05) is 10.3 Å². The summed E-state index contributed by atoms with van der Waals surface area (Å²) in [6.07, 6.45) is 0. The molecule has 2 amide bonds. The second-order valence-corrected chi connectivity index (χ2v) is 8.92. The molecular weight excluding hydrogens is 430 g/mol. The van der Waals surface area contributed by atoms with Crippen LogP contribution in [0, 0.1) is 19.3 Å². The average molecular weight is 454 g/mol. The number of rotatable bonds is 7. The summed E-state index contributed by atoms with van der Waals surface area (Å²) in [5, 5.41) is 5.45. The normalized spacial score (nSPS) is 11.2. The minimum absolute atomic E-state index is 0.0181. The number of amides is 2. The van der Waals surface area contributed by atoms with E-state index in [9.17, 15) is 23.2 Å². The maximum absolute atomic E-state index is 12.6. The Morgan fingerprint density at radius 3 is 2.35 bits per heavy atom. The molecule has 0 spiro atoms. The minimum atomic E-state index is -3.05. The molecule has 0 aliphatic heterocycles. The highest BCUT2D eigenvalue weighted by atomic mass is 32.1. The molecule has 0 aliphatic carbocycles. The first-order chi connectivity index (χ1) is 14.4. The zero-order valence-corrected chi connectivity index (χ0v) is 18.6. The molecule has 0 atom stereocenters. The Labute approximate surface area is 182 Å². The van der Waals surface area contributed by atoms with Gasteiger partial charge in [0.2, 0.25) is 5.91 Å². The number of aryl methyl sites for hydroxylation is 1. The molecule has 2 rings (SSSR count). The zero-order chi connectivity index (χ0) is 23.3. The van der Waals surface area contributed by atoms with Gasteiger partial charge in [0.05, 0.1) is 11.3 Å². The largest absolute Gasteiger partial charge is 0.452 e. The third-order valence-electron chi connectivity index (χ3n) is 4.21. The summed E-state index contributed by atoms with van der Waals surface area (Å²) < 4.78 is 34.4. The first-order valence-electron chi connectivity index (χ1n) is 9.32. The van der Waals surface area contributed by atoms with E-state index >= 15 is 0 Å². The third kappa shape index (κ3) is 6.48. The van der Waals surface area contributed by atoms with Gasteiger partial charge < -0.3 is 20.1 Å². The van der Waals surface area contributed by atoms with E-state index < -0.39 is 30.5 Å². The van der Waals surface area contributed by atoms with E-state index in [1.807, 2.05) is 0 Å². The number of hydrogen-bond acceptors (Lipinski definition) is 6. The number of halogens is 2. The highest BCUT2D eigenvalue weighted by Crippen LogP contribution is 2.34. The van der Waals surface area contributed by atoms with Gasteiger partial charge in [-0.25, -0.2) is 4.79 Å². The van der Waals surface area contributed by atoms with Gasteiger partial charge in [-0.3, -0.25) is 9.59 Å². The molecule has 0 fully saturated rings. The van der Waals surface area contributed by atoms with E-state index in [0.717, 1.165) is 4.88 Å². The number of carbonyl (C=O) groups excluding carboxylic acids is 3. The van der Waals surface area contributed by atoms with Crippen LogP contribution in [0.3, 0.4) is 0 Å². The van der Waals surface area contributed by atoms with E-state index in [1.165, 1.54) is 35.6 Å². The number of anilines is 2. The third-order valence-corrected chi connectivity index (χ3v) is 5.33. The lowest BCUT2D eigenvalue weighted by molar-refractivity contribution is -0.123. The zero-order valence-electron chi connectivity index (χ0n) is 17.8. The van der Waals surface area contributed by atoms with Crippen molar-refractivity contribution < 1.29 is 32.6 Å². The number of para-hydroxylation sites is 2. The summed E-state index contributed by atoms with van der Waals surface area (Å²) >= 11 is 1.24. The summed E-state index contributed by atoms with van der Waals surface area (Å²) in [4.78, 5) is 37.9. The van der Waals surface area contributed by atoms with Crippen LogP contribution in [0.4, 0.5) is 19.5 Å². The van der Waals surface area contributed by atoms with Gasteiger partial charge >= 0.3 is 12.6 Å². The molecule has 0 unspecified atom stereocenters. The van der Waals surface area contributed by atoms with Crippen molar-refractivity contribution in [2.75, 3.05) is 17.2 Å². The highest BCUT2D eigenvalue weighted by Gasteiger charge is 2.27. The van der Waals surface area contributed by atoms with Crippen molar-refractivity contribution in [1.29, 1.82) is 0 Å². The SMILES string of the molecule is Cc1sc(NC(=O)C(C)(C)C)c(C(=O)OCC(=O)Nc2ccccc2OC(F)F)c1C. The smallest absolute Gasteiger partial charge is 0.387 e. The van der Waals surface area contributed by atoms with Crippen molar-refractivity contribution >= 4 is 39.8 Å². The van der Waals surface area contributed by atoms with Crippen LogP contribution in [0.15, 0.2) is 24.3 Å². The molecule has 168 valence electrons. The number of ether oxygens (including phenoxy) is 2. The molecule has 2 N–H and O–H groups in total. The minimum Gasteiger partial charge on any atom is -0.452 e. The molecule has 0 saturated carbocycles. The van der Waals surface area contributed by atoms with Gasteiger partial charge in [0.25, 0.3) is 5.91 Å². The quantitative estimate of drug-likeness (QED) is 0.589. The van der Waals surface area contributed by atoms with Crippen molar-refractivity contribution in [2.24, 2.45) is 5.41 Å².